The fourth-order valence-electron chi connectivity index (χ4n) is 1.05. The van der Waals surface area contributed by atoms with Crippen molar-refractivity contribution in [2.75, 3.05) is 5.32 Å². The van der Waals surface area contributed by atoms with Gasteiger partial charge in [-0.2, -0.15) is 4.80 Å². The molecule has 0 saturated heterocycles. The van der Waals surface area contributed by atoms with Gasteiger partial charge in [0, 0.05) is 12.4 Å². The average Bonchev–Trinajstić information content (AvgIpc) is 2.64. The van der Waals surface area contributed by atoms with Crippen LogP contribution in [0.5, 0.6) is 0 Å². The van der Waals surface area contributed by atoms with Crippen molar-refractivity contribution < 1.29 is 4.79 Å². The topological polar surface area (TPSA) is 85.6 Å². The van der Waals surface area contributed by atoms with Crippen LogP contribution >= 0.6 is 11.6 Å². The lowest BCUT2D eigenvalue weighted by Crippen LogP contribution is -2.14. The van der Waals surface area contributed by atoms with Crippen LogP contribution in [0, 0.1) is 0 Å². The second-order valence-corrected chi connectivity index (χ2v) is 3.32. The summed E-state index contributed by atoms with van der Waals surface area (Å²) in [6, 6.07) is 1.53. The molecule has 8 heteroatoms. The molecule has 0 aliphatic carbocycles. The lowest BCUT2D eigenvalue weighted by atomic mass is 10.3. The first-order valence-electron chi connectivity index (χ1n) is 4.31. The van der Waals surface area contributed by atoms with Gasteiger partial charge in [0.15, 0.2) is 0 Å². The first kappa shape index (κ1) is 10.5. The SMILES string of the molecule is Cn1nnc(NC(=O)c2cnccc2Cl)n1. The smallest absolute Gasteiger partial charge is 0.270 e. The molecule has 2 heterocycles. The molecule has 0 atom stereocenters. The molecule has 0 spiro atoms. The van der Waals surface area contributed by atoms with E-state index in [1.165, 1.54) is 23.3 Å². The summed E-state index contributed by atoms with van der Waals surface area (Å²) in [6.07, 6.45) is 2.87. The molecule has 0 radical (unpaired) electrons. The molecule has 16 heavy (non-hydrogen) atoms. The van der Waals surface area contributed by atoms with Crippen molar-refractivity contribution in [2.45, 2.75) is 0 Å². The Balaban J connectivity index is 2.18. The number of tetrazole rings is 1. The van der Waals surface area contributed by atoms with Gasteiger partial charge in [-0.05, 0) is 11.3 Å². The molecule has 0 saturated carbocycles. The van der Waals surface area contributed by atoms with Gasteiger partial charge in [-0.25, -0.2) is 0 Å². The van der Waals surface area contributed by atoms with Crippen molar-refractivity contribution in [3.63, 3.8) is 0 Å². The third-order valence-electron chi connectivity index (χ3n) is 1.75. The van der Waals surface area contributed by atoms with E-state index in [0.717, 1.165) is 0 Å². The van der Waals surface area contributed by atoms with Crippen molar-refractivity contribution >= 4 is 23.5 Å². The van der Waals surface area contributed by atoms with Crippen LogP contribution in [0.4, 0.5) is 5.95 Å². The number of amides is 1. The maximum Gasteiger partial charge on any atom is 0.270 e. The molecule has 1 amide bonds. The number of aromatic nitrogens is 5. The third kappa shape index (κ3) is 2.14. The molecule has 1 N–H and O–H groups in total. The van der Waals surface area contributed by atoms with E-state index >= 15 is 0 Å². The molecule has 7 nitrogen and oxygen atoms in total. The zero-order valence-corrected chi connectivity index (χ0v) is 9.01. The number of halogens is 1. The molecule has 0 aliphatic heterocycles. The first-order valence-corrected chi connectivity index (χ1v) is 4.69. The van der Waals surface area contributed by atoms with Gasteiger partial charge in [0.25, 0.3) is 11.9 Å². The van der Waals surface area contributed by atoms with Crippen LogP contribution < -0.4 is 5.32 Å². The Morgan fingerprint density at radius 1 is 1.56 bits per heavy atom. The van der Waals surface area contributed by atoms with Gasteiger partial charge in [0.05, 0.1) is 17.6 Å². The maximum absolute atomic E-state index is 11.7. The van der Waals surface area contributed by atoms with Crippen molar-refractivity contribution in [1.82, 2.24) is 25.2 Å². The molecule has 0 fully saturated rings. The van der Waals surface area contributed by atoms with Gasteiger partial charge >= 0.3 is 0 Å². The van der Waals surface area contributed by atoms with Crippen LogP contribution in [0.25, 0.3) is 0 Å². The molecule has 82 valence electrons. The average molecular weight is 239 g/mol. The molecule has 2 aromatic heterocycles. The number of carbonyl (C=O) groups is 1. The van der Waals surface area contributed by atoms with E-state index in [4.69, 9.17) is 11.6 Å². The Bertz CT molecular complexity index is 525. The van der Waals surface area contributed by atoms with Crippen molar-refractivity contribution in [1.29, 1.82) is 0 Å². The summed E-state index contributed by atoms with van der Waals surface area (Å²) in [5.74, 6) is -0.307. The number of anilines is 1. The number of nitrogens with one attached hydrogen (secondary N) is 1. The summed E-state index contributed by atoms with van der Waals surface area (Å²) in [4.78, 5) is 16.7. The summed E-state index contributed by atoms with van der Waals surface area (Å²) in [7, 11) is 1.60. The highest BCUT2D eigenvalue weighted by atomic mass is 35.5. The molecule has 0 aromatic carbocycles. The van der Waals surface area contributed by atoms with E-state index in [1.54, 1.807) is 7.05 Å². The maximum atomic E-state index is 11.7. The molecular formula is C8H7ClN6O. The predicted octanol–water partition coefficient (Wildman–Crippen LogP) is 0.511. The summed E-state index contributed by atoms with van der Waals surface area (Å²) in [5.41, 5.74) is 0.261. The monoisotopic (exact) mass is 238 g/mol. The van der Waals surface area contributed by atoms with Crippen LogP contribution in [0.3, 0.4) is 0 Å². The second kappa shape index (κ2) is 4.23. The molecule has 0 aliphatic rings. The summed E-state index contributed by atoms with van der Waals surface area (Å²) < 4.78 is 0. The Labute approximate surface area is 95.4 Å². The minimum atomic E-state index is -0.425. The normalized spacial score (nSPS) is 10.1. The fourth-order valence-corrected chi connectivity index (χ4v) is 1.24. The van der Waals surface area contributed by atoms with Crippen LogP contribution in [0.15, 0.2) is 18.5 Å². The number of aryl methyl sites for hydroxylation is 1. The van der Waals surface area contributed by atoms with E-state index in [9.17, 15) is 4.79 Å². The summed E-state index contributed by atoms with van der Waals surface area (Å²) in [6.45, 7) is 0. The van der Waals surface area contributed by atoms with Gasteiger partial charge in [-0.1, -0.05) is 16.7 Å². The van der Waals surface area contributed by atoms with Gasteiger partial charge in [0.1, 0.15) is 0 Å². The van der Waals surface area contributed by atoms with Gasteiger partial charge in [0.2, 0.25) is 0 Å². The van der Waals surface area contributed by atoms with Gasteiger partial charge in [-0.15, -0.1) is 5.10 Å². The zero-order chi connectivity index (χ0) is 11.5. The largest absolute Gasteiger partial charge is 0.288 e. The zero-order valence-electron chi connectivity index (χ0n) is 8.25. The molecule has 2 aromatic rings. The van der Waals surface area contributed by atoms with Crippen molar-refractivity contribution in [3.8, 4) is 0 Å². The molecule has 0 unspecified atom stereocenters. The van der Waals surface area contributed by atoms with E-state index in [0.29, 0.717) is 5.02 Å². The molecule has 2 rings (SSSR count). The van der Waals surface area contributed by atoms with Crippen LogP contribution in [-0.2, 0) is 7.05 Å². The van der Waals surface area contributed by atoms with Crippen LogP contribution in [-0.4, -0.2) is 31.1 Å². The number of pyridine rings is 1. The number of rotatable bonds is 2. The fraction of sp³-hybridized carbons (Fsp3) is 0.125. The summed E-state index contributed by atoms with van der Waals surface area (Å²) in [5, 5.41) is 13.8. The number of carbonyl (C=O) groups excluding carboxylic acids is 1. The lowest BCUT2D eigenvalue weighted by molar-refractivity contribution is 0.102. The van der Waals surface area contributed by atoms with Gasteiger partial charge < -0.3 is 0 Å². The van der Waals surface area contributed by atoms with Gasteiger partial charge in [-0.3, -0.25) is 15.1 Å². The van der Waals surface area contributed by atoms with E-state index in [2.05, 4.69) is 25.7 Å². The van der Waals surface area contributed by atoms with Crippen molar-refractivity contribution in [3.05, 3.63) is 29.0 Å². The Hall–Kier alpha value is -2.02. The Kier molecular flexibility index (Phi) is 2.78. The third-order valence-corrected chi connectivity index (χ3v) is 2.08. The van der Waals surface area contributed by atoms with E-state index in [-0.39, 0.29) is 11.5 Å². The Morgan fingerprint density at radius 3 is 3.00 bits per heavy atom. The minimum absolute atomic E-state index is 0.118. The van der Waals surface area contributed by atoms with Crippen LogP contribution in [0.1, 0.15) is 10.4 Å². The van der Waals surface area contributed by atoms with E-state index in [1.807, 2.05) is 0 Å². The minimum Gasteiger partial charge on any atom is -0.288 e. The molecule has 0 bridgehead atoms. The molecular weight excluding hydrogens is 232 g/mol. The Morgan fingerprint density at radius 2 is 2.38 bits per heavy atom. The highest BCUT2D eigenvalue weighted by Gasteiger charge is 2.12. The quantitative estimate of drug-likeness (QED) is 0.824. The second-order valence-electron chi connectivity index (χ2n) is 2.91. The first-order chi connectivity index (χ1) is 7.66. The highest BCUT2D eigenvalue weighted by molar-refractivity contribution is 6.34. The predicted molar refractivity (Wildman–Crippen MR) is 56.0 cm³/mol. The standard InChI is InChI=1S/C8H7ClN6O/c1-15-13-8(12-14-15)11-7(16)5-4-10-3-2-6(5)9/h2-4H,1H3,(H,11,13,16). The number of hydrogen-bond donors (Lipinski definition) is 1. The lowest BCUT2D eigenvalue weighted by Gasteiger charge is -2.01. The van der Waals surface area contributed by atoms with E-state index < -0.39 is 5.91 Å². The number of hydrogen-bond acceptors (Lipinski definition) is 5. The summed E-state index contributed by atoms with van der Waals surface area (Å²) >= 11 is 5.83. The van der Waals surface area contributed by atoms with Crippen molar-refractivity contribution in [2.24, 2.45) is 7.05 Å². The number of nitrogens with zero attached hydrogens (tertiary/aromatic N) is 5. The van der Waals surface area contributed by atoms with Crippen LogP contribution in [0.2, 0.25) is 5.02 Å². The highest BCUT2D eigenvalue weighted by Crippen LogP contribution is 2.14.